The highest BCUT2D eigenvalue weighted by Gasteiger charge is 2.26. The second-order valence-electron chi connectivity index (χ2n) is 8.48. The first kappa shape index (κ1) is 21.9. The number of para-hydroxylation sites is 2. The fraction of sp³-hybridized carbons (Fsp3) is 0.571. The van der Waals surface area contributed by atoms with Crippen LogP contribution < -0.4 is 11.1 Å². The highest BCUT2D eigenvalue weighted by molar-refractivity contribution is 5.82. The van der Waals surface area contributed by atoms with E-state index in [1.807, 2.05) is 20.8 Å². The first-order valence-electron chi connectivity index (χ1n) is 10.2. The molecule has 0 spiro atoms. The van der Waals surface area contributed by atoms with Gasteiger partial charge < -0.3 is 19.4 Å². The van der Waals surface area contributed by atoms with Gasteiger partial charge in [-0.25, -0.2) is 9.59 Å². The molecule has 1 atom stereocenters. The number of piperazine rings is 1. The number of carbonyl (C=O) groups is 2. The number of nitrogens with one attached hydrogen (secondary N) is 1. The molecule has 9 heteroatoms. The van der Waals surface area contributed by atoms with Gasteiger partial charge in [0.05, 0.1) is 5.52 Å². The molecule has 30 heavy (non-hydrogen) atoms. The first-order valence-corrected chi connectivity index (χ1v) is 10.2. The monoisotopic (exact) mass is 418 g/mol. The highest BCUT2D eigenvalue weighted by Crippen LogP contribution is 2.16. The van der Waals surface area contributed by atoms with Gasteiger partial charge in [0.2, 0.25) is 5.91 Å². The molecular formula is C21H30N4O5. The topological polar surface area (TPSA) is 97.0 Å². The molecule has 0 bridgehead atoms. The zero-order chi connectivity index (χ0) is 21.9. The third kappa shape index (κ3) is 5.21. The van der Waals surface area contributed by atoms with E-state index in [2.05, 4.69) is 10.2 Å². The van der Waals surface area contributed by atoms with Crippen LogP contribution in [0.5, 0.6) is 0 Å². The van der Waals surface area contributed by atoms with Crippen LogP contribution in [0, 0.1) is 0 Å². The molecule has 1 N–H and O–H groups in total. The Hall–Kier alpha value is -2.81. The predicted molar refractivity (Wildman–Crippen MR) is 112 cm³/mol. The zero-order valence-electron chi connectivity index (χ0n) is 18.0. The molecule has 9 nitrogen and oxygen atoms in total. The average molecular weight is 418 g/mol. The molecule has 1 fully saturated rings. The van der Waals surface area contributed by atoms with Crippen LogP contribution in [-0.4, -0.2) is 71.2 Å². The van der Waals surface area contributed by atoms with E-state index in [0.29, 0.717) is 37.3 Å². The van der Waals surface area contributed by atoms with Crippen LogP contribution in [0.25, 0.3) is 11.1 Å². The second kappa shape index (κ2) is 8.91. The summed E-state index contributed by atoms with van der Waals surface area (Å²) < 4.78 is 12.0. The van der Waals surface area contributed by atoms with Crippen LogP contribution in [0.3, 0.4) is 0 Å². The molecule has 1 aromatic carbocycles. The Labute approximate surface area is 175 Å². The van der Waals surface area contributed by atoms with Crippen LogP contribution in [0.2, 0.25) is 0 Å². The molecule has 1 aliphatic heterocycles. The van der Waals surface area contributed by atoms with Gasteiger partial charge in [-0.1, -0.05) is 12.1 Å². The molecule has 1 aliphatic rings. The number of carbonyl (C=O) groups excluding carboxylic acids is 2. The summed E-state index contributed by atoms with van der Waals surface area (Å²) in [6.07, 6.45) is -0.290. The Balaban J connectivity index is 1.46. The van der Waals surface area contributed by atoms with E-state index in [9.17, 15) is 14.4 Å². The summed E-state index contributed by atoms with van der Waals surface area (Å²) in [6, 6.07) is 6.37. The van der Waals surface area contributed by atoms with Crippen molar-refractivity contribution in [2.45, 2.75) is 39.3 Å². The lowest BCUT2D eigenvalue weighted by Gasteiger charge is -2.35. The summed E-state index contributed by atoms with van der Waals surface area (Å²) in [7, 11) is 0. The summed E-state index contributed by atoms with van der Waals surface area (Å²) >= 11 is 0. The molecule has 2 amide bonds. The number of aromatic nitrogens is 1. The van der Waals surface area contributed by atoms with Crippen molar-refractivity contribution in [3.63, 3.8) is 0 Å². The number of nitrogens with zero attached hydrogens (tertiary/aromatic N) is 3. The van der Waals surface area contributed by atoms with Gasteiger partial charge in [-0.05, 0) is 39.8 Å². The van der Waals surface area contributed by atoms with Crippen molar-refractivity contribution in [2.24, 2.45) is 0 Å². The minimum absolute atomic E-state index is 0.240. The van der Waals surface area contributed by atoms with Crippen molar-refractivity contribution in [3.8, 4) is 0 Å². The normalized spacial score (nSPS) is 16.5. The number of hydrogen-bond acceptors (Lipinski definition) is 6. The molecular weight excluding hydrogens is 388 g/mol. The van der Waals surface area contributed by atoms with Crippen molar-refractivity contribution in [3.05, 3.63) is 34.8 Å². The van der Waals surface area contributed by atoms with Gasteiger partial charge in [-0.15, -0.1) is 0 Å². The molecule has 0 radical (unpaired) electrons. The molecule has 3 rings (SSSR count). The van der Waals surface area contributed by atoms with Gasteiger partial charge in [0, 0.05) is 39.3 Å². The Morgan fingerprint density at radius 3 is 2.50 bits per heavy atom. The first-order chi connectivity index (χ1) is 14.2. The van der Waals surface area contributed by atoms with E-state index in [1.54, 1.807) is 36.1 Å². The minimum atomic E-state index is -0.676. The maximum atomic E-state index is 12.6. The lowest BCUT2D eigenvalue weighted by Crippen LogP contribution is -2.51. The molecule has 2 aromatic rings. The fourth-order valence-electron chi connectivity index (χ4n) is 3.43. The third-order valence-electron chi connectivity index (χ3n) is 5.04. The van der Waals surface area contributed by atoms with Crippen LogP contribution in [0.1, 0.15) is 33.7 Å². The van der Waals surface area contributed by atoms with Gasteiger partial charge in [0.25, 0.3) is 0 Å². The standard InChI is InChI=1S/C21H30N4O5/c1-15(25-16-7-5-6-8-17(16)29-20(25)28)18(26)22-9-10-23-11-13-24(14-12-23)19(27)30-21(2,3)4/h5-8,15H,9-14H2,1-4H3,(H,22,26). The third-order valence-corrected chi connectivity index (χ3v) is 5.04. The Bertz CT molecular complexity index is 950. The lowest BCUT2D eigenvalue weighted by atomic mass is 10.2. The van der Waals surface area contributed by atoms with Gasteiger partial charge >= 0.3 is 11.8 Å². The highest BCUT2D eigenvalue weighted by atomic mass is 16.6. The molecule has 1 unspecified atom stereocenters. The van der Waals surface area contributed by atoms with E-state index in [1.165, 1.54) is 4.57 Å². The number of amides is 2. The summed E-state index contributed by atoms with van der Waals surface area (Å²) in [4.78, 5) is 40.7. The van der Waals surface area contributed by atoms with Crippen molar-refractivity contribution >= 4 is 23.1 Å². The summed E-state index contributed by atoms with van der Waals surface area (Å²) in [5, 5.41) is 2.89. The number of benzene rings is 1. The van der Waals surface area contributed by atoms with Crippen molar-refractivity contribution < 1.29 is 18.7 Å². The zero-order valence-corrected chi connectivity index (χ0v) is 18.0. The number of ether oxygens (including phenoxy) is 1. The smallest absolute Gasteiger partial charge is 0.420 e. The Morgan fingerprint density at radius 1 is 1.17 bits per heavy atom. The van der Waals surface area contributed by atoms with Crippen LogP contribution in [0.15, 0.2) is 33.5 Å². The van der Waals surface area contributed by atoms with E-state index >= 15 is 0 Å². The average Bonchev–Trinajstić information content (AvgIpc) is 3.02. The summed E-state index contributed by atoms with van der Waals surface area (Å²) in [6.45, 7) is 11.0. The largest absolute Gasteiger partial charge is 0.444 e. The maximum Gasteiger partial charge on any atom is 0.420 e. The van der Waals surface area contributed by atoms with Crippen LogP contribution >= 0.6 is 0 Å². The van der Waals surface area contributed by atoms with Crippen molar-refractivity contribution in [1.82, 2.24) is 19.7 Å². The van der Waals surface area contributed by atoms with Crippen LogP contribution in [0.4, 0.5) is 4.79 Å². The molecule has 1 aromatic heterocycles. The number of fused-ring (bicyclic) bond motifs is 1. The molecule has 0 saturated carbocycles. The SMILES string of the molecule is CC(C(=O)NCCN1CCN(C(=O)OC(C)(C)C)CC1)n1c(=O)oc2ccccc21. The van der Waals surface area contributed by atoms with Gasteiger partial charge in [-0.3, -0.25) is 14.3 Å². The fourth-order valence-corrected chi connectivity index (χ4v) is 3.43. The van der Waals surface area contributed by atoms with E-state index in [-0.39, 0.29) is 12.0 Å². The van der Waals surface area contributed by atoms with Gasteiger partial charge in [-0.2, -0.15) is 0 Å². The van der Waals surface area contributed by atoms with E-state index in [4.69, 9.17) is 9.15 Å². The maximum absolute atomic E-state index is 12.6. The van der Waals surface area contributed by atoms with Crippen molar-refractivity contribution in [2.75, 3.05) is 39.3 Å². The van der Waals surface area contributed by atoms with E-state index in [0.717, 1.165) is 13.1 Å². The van der Waals surface area contributed by atoms with E-state index < -0.39 is 17.4 Å². The summed E-state index contributed by atoms with van der Waals surface area (Å²) in [5.41, 5.74) is 0.561. The Morgan fingerprint density at radius 2 is 1.83 bits per heavy atom. The number of rotatable bonds is 5. The molecule has 0 aliphatic carbocycles. The van der Waals surface area contributed by atoms with Gasteiger partial charge in [0.1, 0.15) is 11.6 Å². The summed E-state index contributed by atoms with van der Waals surface area (Å²) in [5.74, 6) is -0.784. The Kier molecular flexibility index (Phi) is 6.50. The lowest BCUT2D eigenvalue weighted by molar-refractivity contribution is -0.124. The molecule has 164 valence electrons. The van der Waals surface area contributed by atoms with Crippen LogP contribution in [-0.2, 0) is 9.53 Å². The number of hydrogen-bond donors (Lipinski definition) is 1. The van der Waals surface area contributed by atoms with Gasteiger partial charge in [0.15, 0.2) is 5.58 Å². The molecule has 1 saturated heterocycles. The van der Waals surface area contributed by atoms with Crippen molar-refractivity contribution in [1.29, 1.82) is 0 Å². The minimum Gasteiger partial charge on any atom is -0.444 e. The molecule has 2 heterocycles. The quantitative estimate of drug-likeness (QED) is 0.796. The second-order valence-corrected chi connectivity index (χ2v) is 8.48. The predicted octanol–water partition coefficient (Wildman–Crippen LogP) is 1.82. The number of oxazole rings is 1.